The molecule has 1 aliphatic heterocycles. The van der Waals surface area contributed by atoms with Gasteiger partial charge in [0, 0.05) is 44.0 Å². The molecule has 0 radical (unpaired) electrons. The van der Waals surface area contributed by atoms with E-state index in [0.717, 1.165) is 11.5 Å². The molecule has 0 spiro atoms. The lowest BCUT2D eigenvalue weighted by molar-refractivity contribution is 0.0693. The molecule has 1 amide bonds. The fourth-order valence-corrected chi connectivity index (χ4v) is 3.13. The molecule has 0 aliphatic carbocycles. The molecular weight excluding hydrogens is 344 g/mol. The summed E-state index contributed by atoms with van der Waals surface area (Å²) in [7, 11) is 0. The Hall–Kier alpha value is -3.09. The van der Waals surface area contributed by atoms with Gasteiger partial charge >= 0.3 is 5.97 Å². The highest BCUT2D eigenvalue weighted by molar-refractivity contribution is 5.96. The van der Waals surface area contributed by atoms with Gasteiger partial charge in [0.05, 0.1) is 11.3 Å². The number of amides is 1. The molecule has 27 heavy (non-hydrogen) atoms. The minimum absolute atomic E-state index is 0.0758. The Morgan fingerprint density at radius 1 is 1.04 bits per heavy atom. The van der Waals surface area contributed by atoms with Crippen LogP contribution in [0.15, 0.2) is 42.6 Å². The number of piperazine rings is 1. The van der Waals surface area contributed by atoms with E-state index < -0.39 is 5.97 Å². The number of carboxylic acids is 1. The Morgan fingerprint density at radius 2 is 1.67 bits per heavy atom. The van der Waals surface area contributed by atoms with Crippen molar-refractivity contribution in [2.45, 2.75) is 19.9 Å². The fourth-order valence-electron chi connectivity index (χ4n) is 3.13. The van der Waals surface area contributed by atoms with Gasteiger partial charge in [0.15, 0.2) is 5.82 Å². The normalized spacial score (nSPS) is 14.3. The van der Waals surface area contributed by atoms with Crippen LogP contribution < -0.4 is 10.2 Å². The Balaban J connectivity index is 1.65. The fraction of sp³-hybridized carbons (Fsp3) is 0.350. The highest BCUT2D eigenvalue weighted by Crippen LogP contribution is 2.24. The van der Waals surface area contributed by atoms with E-state index in [1.807, 2.05) is 12.1 Å². The number of pyridine rings is 1. The van der Waals surface area contributed by atoms with Crippen LogP contribution in [-0.4, -0.2) is 59.1 Å². The van der Waals surface area contributed by atoms with E-state index in [0.29, 0.717) is 37.8 Å². The summed E-state index contributed by atoms with van der Waals surface area (Å²) in [5.41, 5.74) is 1.68. The van der Waals surface area contributed by atoms with Crippen LogP contribution >= 0.6 is 0 Å². The van der Waals surface area contributed by atoms with Gasteiger partial charge < -0.3 is 20.2 Å². The first-order valence-electron chi connectivity index (χ1n) is 9.05. The van der Waals surface area contributed by atoms with Crippen LogP contribution in [0.5, 0.6) is 0 Å². The van der Waals surface area contributed by atoms with Crippen molar-refractivity contribution < 1.29 is 14.7 Å². The number of hydrogen-bond acceptors (Lipinski definition) is 5. The highest BCUT2D eigenvalue weighted by atomic mass is 16.4. The highest BCUT2D eigenvalue weighted by Gasteiger charge is 2.24. The van der Waals surface area contributed by atoms with Crippen LogP contribution in [0.2, 0.25) is 0 Å². The predicted molar refractivity (Wildman–Crippen MR) is 105 cm³/mol. The Kier molecular flexibility index (Phi) is 5.59. The van der Waals surface area contributed by atoms with E-state index in [4.69, 9.17) is 5.11 Å². The lowest BCUT2D eigenvalue weighted by Gasteiger charge is -2.36. The molecule has 2 aromatic rings. The lowest BCUT2D eigenvalue weighted by Crippen LogP contribution is -2.49. The molecule has 0 unspecified atom stereocenters. The Bertz CT molecular complexity index is 812. The van der Waals surface area contributed by atoms with Crippen molar-refractivity contribution in [1.29, 1.82) is 0 Å². The second-order valence-corrected chi connectivity index (χ2v) is 6.84. The second kappa shape index (κ2) is 8.07. The van der Waals surface area contributed by atoms with Crippen molar-refractivity contribution in [3.05, 3.63) is 53.7 Å². The summed E-state index contributed by atoms with van der Waals surface area (Å²) in [6.07, 6.45) is 1.78. The van der Waals surface area contributed by atoms with E-state index in [1.165, 1.54) is 12.1 Å². The largest absolute Gasteiger partial charge is 0.478 e. The number of carbonyl (C=O) groups excluding carboxylic acids is 1. The van der Waals surface area contributed by atoms with Crippen molar-refractivity contribution >= 4 is 23.4 Å². The van der Waals surface area contributed by atoms with E-state index in [1.54, 1.807) is 23.2 Å². The zero-order chi connectivity index (χ0) is 19.4. The van der Waals surface area contributed by atoms with Gasteiger partial charge in [-0.1, -0.05) is 0 Å². The van der Waals surface area contributed by atoms with Gasteiger partial charge in [-0.25, -0.2) is 9.78 Å². The standard InChI is InChI=1S/C20H24N4O3/c1-14(2)22-17-4-3-9-21-18(17)23-10-12-24(13-11-23)19(25)15-5-7-16(8-6-15)20(26)27/h3-9,14,22H,10-13H2,1-2H3,(H,26,27). The molecule has 2 N–H and O–H groups in total. The predicted octanol–water partition coefficient (Wildman–Crippen LogP) is 2.56. The summed E-state index contributed by atoms with van der Waals surface area (Å²) in [6, 6.07) is 10.3. The minimum atomic E-state index is -0.996. The van der Waals surface area contributed by atoms with E-state index in [-0.39, 0.29) is 11.5 Å². The zero-order valence-corrected chi connectivity index (χ0v) is 15.6. The molecule has 2 heterocycles. The SMILES string of the molecule is CC(C)Nc1cccnc1N1CCN(C(=O)c2ccc(C(=O)O)cc2)CC1. The van der Waals surface area contributed by atoms with Crippen molar-refractivity contribution in [1.82, 2.24) is 9.88 Å². The Labute approximate surface area is 158 Å². The molecule has 1 saturated heterocycles. The van der Waals surface area contributed by atoms with Gasteiger partial charge in [0.2, 0.25) is 0 Å². The molecule has 0 saturated carbocycles. The summed E-state index contributed by atoms with van der Waals surface area (Å²) in [6.45, 7) is 6.76. The number of carbonyl (C=O) groups is 2. The quantitative estimate of drug-likeness (QED) is 0.844. The van der Waals surface area contributed by atoms with Gasteiger partial charge in [-0.15, -0.1) is 0 Å². The van der Waals surface area contributed by atoms with Crippen LogP contribution in [0.4, 0.5) is 11.5 Å². The third kappa shape index (κ3) is 4.36. The third-order valence-corrected chi connectivity index (χ3v) is 4.48. The van der Waals surface area contributed by atoms with Gasteiger partial charge in [0.1, 0.15) is 0 Å². The number of carboxylic acid groups (broad SMARTS) is 1. The number of anilines is 2. The summed E-state index contributed by atoms with van der Waals surface area (Å²) in [5.74, 6) is -0.166. The number of aromatic carboxylic acids is 1. The zero-order valence-electron chi connectivity index (χ0n) is 15.6. The summed E-state index contributed by atoms with van der Waals surface area (Å²) >= 11 is 0. The maximum absolute atomic E-state index is 12.7. The van der Waals surface area contributed by atoms with Gasteiger partial charge in [-0.3, -0.25) is 4.79 Å². The summed E-state index contributed by atoms with van der Waals surface area (Å²) < 4.78 is 0. The number of benzene rings is 1. The topological polar surface area (TPSA) is 85.8 Å². The first kappa shape index (κ1) is 18.7. The average Bonchev–Trinajstić information content (AvgIpc) is 2.68. The smallest absolute Gasteiger partial charge is 0.335 e. The lowest BCUT2D eigenvalue weighted by atomic mass is 10.1. The monoisotopic (exact) mass is 368 g/mol. The van der Waals surface area contributed by atoms with Crippen LogP contribution in [-0.2, 0) is 0 Å². The first-order valence-corrected chi connectivity index (χ1v) is 9.05. The maximum Gasteiger partial charge on any atom is 0.335 e. The maximum atomic E-state index is 12.7. The van der Waals surface area contributed by atoms with E-state index >= 15 is 0 Å². The molecule has 1 aliphatic rings. The van der Waals surface area contributed by atoms with Crippen molar-refractivity contribution in [2.75, 3.05) is 36.4 Å². The van der Waals surface area contributed by atoms with Crippen molar-refractivity contribution in [3.8, 4) is 0 Å². The number of nitrogens with zero attached hydrogens (tertiary/aromatic N) is 3. The van der Waals surface area contributed by atoms with E-state index in [2.05, 4.69) is 29.0 Å². The molecule has 1 fully saturated rings. The molecule has 0 atom stereocenters. The number of aromatic nitrogens is 1. The van der Waals surface area contributed by atoms with Crippen molar-refractivity contribution in [3.63, 3.8) is 0 Å². The molecule has 7 nitrogen and oxygen atoms in total. The summed E-state index contributed by atoms with van der Waals surface area (Å²) in [5, 5.41) is 12.4. The van der Waals surface area contributed by atoms with Gasteiger partial charge in [0.25, 0.3) is 5.91 Å². The number of rotatable bonds is 5. The molecule has 7 heteroatoms. The molecular formula is C20H24N4O3. The van der Waals surface area contributed by atoms with Crippen LogP contribution in [0.25, 0.3) is 0 Å². The molecule has 142 valence electrons. The number of hydrogen-bond donors (Lipinski definition) is 2. The van der Waals surface area contributed by atoms with Crippen LogP contribution in [0.1, 0.15) is 34.6 Å². The molecule has 0 bridgehead atoms. The van der Waals surface area contributed by atoms with Crippen LogP contribution in [0.3, 0.4) is 0 Å². The van der Waals surface area contributed by atoms with Gasteiger partial charge in [-0.05, 0) is 50.2 Å². The molecule has 1 aromatic carbocycles. The van der Waals surface area contributed by atoms with Crippen molar-refractivity contribution in [2.24, 2.45) is 0 Å². The molecule has 3 rings (SSSR count). The average molecular weight is 368 g/mol. The van der Waals surface area contributed by atoms with Crippen LogP contribution in [0, 0.1) is 0 Å². The second-order valence-electron chi connectivity index (χ2n) is 6.84. The molecule has 1 aromatic heterocycles. The van der Waals surface area contributed by atoms with E-state index in [9.17, 15) is 9.59 Å². The first-order chi connectivity index (χ1) is 13.0. The summed E-state index contributed by atoms with van der Waals surface area (Å²) in [4.78, 5) is 32.1. The third-order valence-electron chi connectivity index (χ3n) is 4.48. The minimum Gasteiger partial charge on any atom is -0.478 e. The Morgan fingerprint density at radius 3 is 2.26 bits per heavy atom. The van der Waals surface area contributed by atoms with Gasteiger partial charge in [-0.2, -0.15) is 0 Å². The number of nitrogens with one attached hydrogen (secondary N) is 1.